The molecule has 0 aromatic heterocycles. The van der Waals surface area contributed by atoms with Gasteiger partial charge in [0.25, 0.3) is 5.91 Å². The minimum absolute atomic E-state index is 0.0188. The van der Waals surface area contributed by atoms with E-state index in [-0.39, 0.29) is 11.9 Å². The molecule has 1 atom stereocenters. The number of benzene rings is 1. The van der Waals surface area contributed by atoms with E-state index in [1.165, 1.54) is 13.0 Å². The van der Waals surface area contributed by atoms with Gasteiger partial charge in [0.05, 0.1) is 0 Å². The van der Waals surface area contributed by atoms with Crippen LogP contribution in [0.4, 0.5) is 5.69 Å². The highest BCUT2D eigenvalue weighted by molar-refractivity contribution is 5.91. The molecule has 0 saturated carbocycles. The predicted molar refractivity (Wildman–Crippen MR) is 79.8 cm³/mol. The normalized spacial score (nSPS) is 18.0. The van der Waals surface area contributed by atoms with E-state index in [2.05, 4.69) is 10.2 Å². The highest BCUT2D eigenvalue weighted by Crippen LogP contribution is 2.25. The summed E-state index contributed by atoms with van der Waals surface area (Å²) >= 11 is 0. The number of hydrogen-bond acceptors (Lipinski definition) is 4. The number of nitrogens with zero attached hydrogens (tertiary/aromatic N) is 1. The number of carbonyl (C=O) groups excluding carboxylic acids is 2. The Morgan fingerprint density at radius 3 is 2.86 bits per heavy atom. The number of anilines is 1. The van der Waals surface area contributed by atoms with Gasteiger partial charge in [-0.1, -0.05) is 18.2 Å². The summed E-state index contributed by atoms with van der Waals surface area (Å²) in [5.74, 6) is -0.586. The van der Waals surface area contributed by atoms with Crippen LogP contribution in [0.1, 0.15) is 18.9 Å². The van der Waals surface area contributed by atoms with Crippen molar-refractivity contribution in [1.82, 2.24) is 10.8 Å². The Morgan fingerprint density at radius 2 is 2.14 bits per heavy atom. The zero-order valence-corrected chi connectivity index (χ0v) is 11.9. The van der Waals surface area contributed by atoms with Crippen LogP contribution in [0, 0.1) is 0 Å². The summed E-state index contributed by atoms with van der Waals surface area (Å²) in [5, 5.41) is 11.4. The molecule has 0 spiro atoms. The van der Waals surface area contributed by atoms with Gasteiger partial charge in [0, 0.05) is 37.8 Å². The standard InChI is InChI=1S/C15H19N3O3/c1-11(19)16-13-8-9-18(10-13)14-5-3-2-4-12(14)6-7-15(20)17-21/h2-7,13,21H,8-10H2,1H3,(H,16,19)(H,17,20). The van der Waals surface area contributed by atoms with E-state index in [4.69, 9.17) is 5.21 Å². The van der Waals surface area contributed by atoms with Crippen LogP contribution in [0.25, 0.3) is 6.08 Å². The molecule has 1 aromatic rings. The maximum Gasteiger partial charge on any atom is 0.267 e. The maximum atomic E-state index is 11.1. The van der Waals surface area contributed by atoms with Crippen molar-refractivity contribution in [2.24, 2.45) is 0 Å². The van der Waals surface area contributed by atoms with Crippen molar-refractivity contribution in [2.75, 3.05) is 18.0 Å². The predicted octanol–water partition coefficient (Wildman–Crippen LogP) is 0.920. The van der Waals surface area contributed by atoms with Gasteiger partial charge < -0.3 is 10.2 Å². The summed E-state index contributed by atoms with van der Waals surface area (Å²) in [6.07, 6.45) is 3.83. The average molecular weight is 289 g/mol. The monoisotopic (exact) mass is 289 g/mol. The summed E-state index contributed by atoms with van der Waals surface area (Å²) in [5.41, 5.74) is 3.47. The fourth-order valence-electron chi connectivity index (χ4n) is 2.50. The molecule has 1 aliphatic rings. The number of nitrogens with one attached hydrogen (secondary N) is 2. The zero-order valence-electron chi connectivity index (χ0n) is 11.9. The first-order valence-electron chi connectivity index (χ1n) is 6.83. The second-order valence-corrected chi connectivity index (χ2v) is 5.00. The molecule has 6 heteroatoms. The van der Waals surface area contributed by atoms with Crippen LogP contribution in [0.3, 0.4) is 0 Å². The second kappa shape index (κ2) is 6.90. The van der Waals surface area contributed by atoms with Crippen molar-refractivity contribution in [1.29, 1.82) is 0 Å². The van der Waals surface area contributed by atoms with Crippen LogP contribution in [0.2, 0.25) is 0 Å². The van der Waals surface area contributed by atoms with E-state index in [0.717, 1.165) is 30.8 Å². The van der Waals surface area contributed by atoms with Crippen LogP contribution in [-0.2, 0) is 9.59 Å². The van der Waals surface area contributed by atoms with Crippen LogP contribution in [0.15, 0.2) is 30.3 Å². The highest BCUT2D eigenvalue weighted by Gasteiger charge is 2.24. The molecule has 21 heavy (non-hydrogen) atoms. The van der Waals surface area contributed by atoms with Crippen molar-refractivity contribution in [3.63, 3.8) is 0 Å². The molecule has 2 amide bonds. The third kappa shape index (κ3) is 4.06. The van der Waals surface area contributed by atoms with Crippen LogP contribution in [0.5, 0.6) is 0 Å². The molecule has 2 rings (SSSR count). The largest absolute Gasteiger partial charge is 0.369 e. The van der Waals surface area contributed by atoms with Crippen molar-refractivity contribution < 1.29 is 14.8 Å². The Morgan fingerprint density at radius 1 is 1.38 bits per heavy atom. The van der Waals surface area contributed by atoms with Gasteiger partial charge in [-0.2, -0.15) is 0 Å². The first kappa shape index (κ1) is 15.1. The van der Waals surface area contributed by atoms with Gasteiger partial charge in [0.2, 0.25) is 5.91 Å². The number of para-hydroxylation sites is 1. The number of hydrogen-bond donors (Lipinski definition) is 3. The van der Waals surface area contributed by atoms with Crippen LogP contribution < -0.4 is 15.7 Å². The first-order chi connectivity index (χ1) is 10.1. The van der Waals surface area contributed by atoms with E-state index in [1.807, 2.05) is 24.3 Å². The molecule has 0 bridgehead atoms. The number of carbonyl (C=O) groups is 2. The van der Waals surface area contributed by atoms with Crippen LogP contribution >= 0.6 is 0 Å². The van der Waals surface area contributed by atoms with Gasteiger partial charge in [-0.3, -0.25) is 14.8 Å². The SMILES string of the molecule is CC(=O)NC1CCN(c2ccccc2C=CC(=O)NO)C1. The molecule has 1 aliphatic heterocycles. The molecule has 0 aliphatic carbocycles. The molecule has 112 valence electrons. The highest BCUT2D eigenvalue weighted by atomic mass is 16.5. The summed E-state index contributed by atoms with van der Waals surface area (Å²) in [4.78, 5) is 24.4. The third-order valence-electron chi connectivity index (χ3n) is 3.40. The van der Waals surface area contributed by atoms with Crippen LogP contribution in [-0.4, -0.2) is 36.2 Å². The van der Waals surface area contributed by atoms with E-state index >= 15 is 0 Å². The minimum Gasteiger partial charge on any atom is -0.369 e. The third-order valence-corrected chi connectivity index (χ3v) is 3.40. The Kier molecular flexibility index (Phi) is 4.94. The lowest BCUT2D eigenvalue weighted by Gasteiger charge is -2.21. The van der Waals surface area contributed by atoms with Crippen molar-refractivity contribution in [3.8, 4) is 0 Å². The van der Waals surface area contributed by atoms with Gasteiger partial charge >= 0.3 is 0 Å². The van der Waals surface area contributed by atoms with E-state index in [1.54, 1.807) is 11.6 Å². The number of rotatable bonds is 4. The Labute approximate surface area is 123 Å². The molecular weight excluding hydrogens is 270 g/mol. The quantitative estimate of drug-likeness (QED) is 0.437. The Bertz CT molecular complexity index is 557. The zero-order chi connectivity index (χ0) is 15.2. The maximum absolute atomic E-state index is 11.1. The Balaban J connectivity index is 2.12. The smallest absolute Gasteiger partial charge is 0.267 e. The van der Waals surface area contributed by atoms with Crippen molar-refractivity contribution in [3.05, 3.63) is 35.9 Å². The topological polar surface area (TPSA) is 81.7 Å². The lowest BCUT2D eigenvalue weighted by molar-refractivity contribution is -0.124. The lowest BCUT2D eigenvalue weighted by atomic mass is 10.1. The number of hydroxylamine groups is 1. The first-order valence-corrected chi connectivity index (χ1v) is 6.83. The van der Waals surface area contributed by atoms with E-state index < -0.39 is 5.91 Å². The van der Waals surface area contributed by atoms with Gasteiger partial charge in [-0.15, -0.1) is 0 Å². The number of amides is 2. The van der Waals surface area contributed by atoms with Gasteiger partial charge in [0.1, 0.15) is 0 Å². The van der Waals surface area contributed by atoms with E-state index in [0.29, 0.717) is 0 Å². The molecular formula is C15H19N3O3. The minimum atomic E-state index is -0.567. The van der Waals surface area contributed by atoms with Crippen molar-refractivity contribution in [2.45, 2.75) is 19.4 Å². The molecule has 1 fully saturated rings. The van der Waals surface area contributed by atoms with Gasteiger partial charge in [-0.05, 0) is 24.1 Å². The van der Waals surface area contributed by atoms with Gasteiger partial charge in [0.15, 0.2) is 0 Å². The molecule has 3 N–H and O–H groups in total. The fourth-order valence-corrected chi connectivity index (χ4v) is 2.50. The summed E-state index contributed by atoms with van der Waals surface area (Å²) < 4.78 is 0. The second-order valence-electron chi connectivity index (χ2n) is 5.00. The molecule has 1 saturated heterocycles. The summed E-state index contributed by atoms with van der Waals surface area (Å²) in [6.45, 7) is 3.12. The molecule has 6 nitrogen and oxygen atoms in total. The molecule has 1 aromatic carbocycles. The van der Waals surface area contributed by atoms with Crippen molar-refractivity contribution >= 4 is 23.6 Å². The van der Waals surface area contributed by atoms with E-state index in [9.17, 15) is 9.59 Å². The molecule has 1 heterocycles. The summed E-state index contributed by atoms with van der Waals surface area (Å²) in [7, 11) is 0. The average Bonchev–Trinajstić information content (AvgIpc) is 2.92. The fraction of sp³-hybridized carbons (Fsp3) is 0.333. The molecule has 1 unspecified atom stereocenters. The summed E-state index contributed by atoms with van der Waals surface area (Å²) in [6, 6.07) is 7.86. The van der Waals surface area contributed by atoms with Gasteiger partial charge in [-0.25, -0.2) is 5.48 Å². The lowest BCUT2D eigenvalue weighted by Crippen LogP contribution is -2.35. The molecule has 0 radical (unpaired) electrons. The Hall–Kier alpha value is -2.34.